The van der Waals surface area contributed by atoms with E-state index in [-0.39, 0.29) is 5.82 Å². The molecule has 0 aliphatic carbocycles. The molecule has 0 saturated carbocycles. The summed E-state index contributed by atoms with van der Waals surface area (Å²) in [6.07, 6.45) is 0. The lowest BCUT2D eigenvalue weighted by Gasteiger charge is -2.01. The molecule has 5 heteroatoms. The summed E-state index contributed by atoms with van der Waals surface area (Å²) in [5.74, 6) is -0.252. The van der Waals surface area contributed by atoms with E-state index >= 15 is 0 Å². The van der Waals surface area contributed by atoms with Crippen LogP contribution < -0.4 is 0 Å². The highest BCUT2D eigenvalue weighted by atomic mass is 79.9. The first-order valence-corrected chi connectivity index (χ1v) is 4.54. The Morgan fingerprint density at radius 1 is 1.54 bits per heavy atom. The molecular formula is C8H7BrFN3. The summed E-state index contributed by atoms with van der Waals surface area (Å²) in [6.45, 7) is 1.71. The quantitative estimate of drug-likeness (QED) is 0.711. The highest BCUT2D eigenvalue weighted by Crippen LogP contribution is 2.25. The molecule has 0 amide bonds. The Balaban J connectivity index is 2.97. The number of aryl methyl sites for hydroxylation is 2. The van der Waals surface area contributed by atoms with Crippen LogP contribution in [0.3, 0.4) is 0 Å². The van der Waals surface area contributed by atoms with Gasteiger partial charge in [-0.3, -0.25) is 0 Å². The van der Waals surface area contributed by atoms with Crippen LogP contribution in [0.4, 0.5) is 4.39 Å². The van der Waals surface area contributed by atoms with Crippen LogP contribution in [0.25, 0.3) is 11.0 Å². The minimum Gasteiger partial charge on any atom is -0.247 e. The van der Waals surface area contributed by atoms with Gasteiger partial charge in [0.1, 0.15) is 11.3 Å². The molecular weight excluding hydrogens is 237 g/mol. The van der Waals surface area contributed by atoms with Gasteiger partial charge in [-0.1, -0.05) is 5.21 Å². The lowest BCUT2D eigenvalue weighted by Crippen LogP contribution is -1.94. The SMILES string of the molecule is Cc1c(F)c(Br)cc2nnn(C)c12. The van der Waals surface area contributed by atoms with Gasteiger partial charge in [-0.2, -0.15) is 0 Å². The summed E-state index contributed by atoms with van der Waals surface area (Å²) in [5.41, 5.74) is 2.01. The largest absolute Gasteiger partial charge is 0.247 e. The zero-order chi connectivity index (χ0) is 9.59. The van der Waals surface area contributed by atoms with Gasteiger partial charge in [0.05, 0.1) is 9.99 Å². The molecule has 13 heavy (non-hydrogen) atoms. The Hall–Kier alpha value is -0.970. The van der Waals surface area contributed by atoms with Crippen molar-refractivity contribution >= 4 is 27.0 Å². The van der Waals surface area contributed by atoms with Crippen LogP contribution in [0.5, 0.6) is 0 Å². The maximum atomic E-state index is 13.4. The fraction of sp³-hybridized carbons (Fsp3) is 0.250. The molecule has 0 aliphatic rings. The normalized spacial score (nSPS) is 11.1. The summed E-state index contributed by atoms with van der Waals surface area (Å²) in [4.78, 5) is 0. The first-order valence-electron chi connectivity index (χ1n) is 3.75. The molecule has 1 heterocycles. The molecule has 0 spiro atoms. The second-order valence-corrected chi connectivity index (χ2v) is 3.73. The number of hydrogen-bond donors (Lipinski definition) is 0. The third kappa shape index (κ3) is 1.14. The first-order chi connectivity index (χ1) is 6.11. The number of aromatic nitrogens is 3. The van der Waals surface area contributed by atoms with Crippen LogP contribution in [0.1, 0.15) is 5.56 Å². The second kappa shape index (κ2) is 2.77. The summed E-state index contributed by atoms with van der Waals surface area (Å²) < 4.78 is 15.4. The van der Waals surface area contributed by atoms with Crippen molar-refractivity contribution in [2.24, 2.45) is 7.05 Å². The van der Waals surface area contributed by atoms with E-state index in [1.165, 1.54) is 0 Å². The average Bonchev–Trinajstić information content (AvgIpc) is 2.43. The van der Waals surface area contributed by atoms with Crippen LogP contribution in [-0.4, -0.2) is 15.0 Å². The molecule has 0 saturated heterocycles. The lowest BCUT2D eigenvalue weighted by molar-refractivity contribution is 0.612. The molecule has 0 N–H and O–H groups in total. The highest BCUT2D eigenvalue weighted by Gasteiger charge is 2.12. The Morgan fingerprint density at radius 2 is 2.23 bits per heavy atom. The van der Waals surface area contributed by atoms with E-state index in [1.807, 2.05) is 0 Å². The van der Waals surface area contributed by atoms with Crippen molar-refractivity contribution in [1.29, 1.82) is 0 Å². The van der Waals surface area contributed by atoms with Crippen LogP contribution in [0, 0.1) is 12.7 Å². The van der Waals surface area contributed by atoms with Crippen molar-refractivity contribution in [2.45, 2.75) is 6.92 Å². The lowest BCUT2D eigenvalue weighted by atomic mass is 10.2. The first kappa shape index (κ1) is 8.62. The number of nitrogens with zero attached hydrogens (tertiary/aromatic N) is 3. The van der Waals surface area contributed by atoms with Crippen molar-refractivity contribution in [3.05, 3.63) is 21.9 Å². The zero-order valence-electron chi connectivity index (χ0n) is 7.17. The third-order valence-corrected chi connectivity index (χ3v) is 2.59. The Labute approximate surface area is 82.7 Å². The number of halogens is 2. The average molecular weight is 244 g/mol. The minimum atomic E-state index is -0.252. The predicted molar refractivity (Wildman–Crippen MR) is 50.9 cm³/mol. The van der Waals surface area contributed by atoms with Crippen LogP contribution in [0.15, 0.2) is 10.5 Å². The van der Waals surface area contributed by atoms with E-state index in [4.69, 9.17) is 0 Å². The van der Waals surface area contributed by atoms with Crippen molar-refractivity contribution < 1.29 is 4.39 Å². The van der Waals surface area contributed by atoms with Crippen molar-refractivity contribution in [3.8, 4) is 0 Å². The standard InChI is InChI=1S/C8H7BrFN3/c1-4-7(10)5(9)3-6-8(4)13(2)12-11-6/h3H,1-2H3. The van der Waals surface area contributed by atoms with E-state index in [2.05, 4.69) is 26.2 Å². The molecule has 3 nitrogen and oxygen atoms in total. The highest BCUT2D eigenvalue weighted by molar-refractivity contribution is 9.10. The van der Waals surface area contributed by atoms with Crippen molar-refractivity contribution in [1.82, 2.24) is 15.0 Å². The molecule has 0 radical (unpaired) electrons. The van der Waals surface area contributed by atoms with E-state index in [0.29, 0.717) is 15.6 Å². The smallest absolute Gasteiger partial charge is 0.142 e. The monoisotopic (exact) mass is 243 g/mol. The number of fused-ring (bicyclic) bond motifs is 1. The summed E-state index contributed by atoms with van der Waals surface area (Å²) in [5, 5.41) is 7.72. The number of hydrogen-bond acceptors (Lipinski definition) is 2. The van der Waals surface area contributed by atoms with Gasteiger partial charge in [0.25, 0.3) is 0 Å². The van der Waals surface area contributed by atoms with Gasteiger partial charge in [-0.05, 0) is 28.9 Å². The van der Waals surface area contributed by atoms with Crippen molar-refractivity contribution in [2.75, 3.05) is 0 Å². The summed E-state index contributed by atoms with van der Waals surface area (Å²) in [6, 6.07) is 1.63. The topological polar surface area (TPSA) is 30.7 Å². The summed E-state index contributed by atoms with van der Waals surface area (Å²) in [7, 11) is 1.75. The second-order valence-electron chi connectivity index (χ2n) is 2.88. The van der Waals surface area contributed by atoms with Crippen LogP contribution in [-0.2, 0) is 7.05 Å². The number of benzene rings is 1. The molecule has 0 aliphatic heterocycles. The number of rotatable bonds is 0. The molecule has 0 fully saturated rings. The fourth-order valence-electron chi connectivity index (χ4n) is 1.37. The van der Waals surface area contributed by atoms with Gasteiger partial charge >= 0.3 is 0 Å². The molecule has 1 aromatic heterocycles. The molecule has 2 aromatic rings. The molecule has 1 aromatic carbocycles. The molecule has 0 unspecified atom stereocenters. The maximum absolute atomic E-state index is 13.4. The van der Waals surface area contributed by atoms with Gasteiger partial charge in [0.15, 0.2) is 0 Å². The van der Waals surface area contributed by atoms with E-state index < -0.39 is 0 Å². The summed E-state index contributed by atoms with van der Waals surface area (Å²) >= 11 is 3.12. The Bertz CT molecular complexity index is 478. The van der Waals surface area contributed by atoms with Crippen LogP contribution >= 0.6 is 15.9 Å². The molecule has 0 bridgehead atoms. The third-order valence-electron chi connectivity index (χ3n) is 2.01. The molecule has 0 atom stereocenters. The predicted octanol–water partition coefficient (Wildman–Crippen LogP) is 2.18. The maximum Gasteiger partial charge on any atom is 0.142 e. The van der Waals surface area contributed by atoms with Gasteiger partial charge < -0.3 is 0 Å². The van der Waals surface area contributed by atoms with Gasteiger partial charge in [-0.15, -0.1) is 5.10 Å². The van der Waals surface area contributed by atoms with E-state index in [0.717, 1.165) is 5.52 Å². The van der Waals surface area contributed by atoms with Gasteiger partial charge in [0, 0.05) is 12.6 Å². The molecule has 68 valence electrons. The van der Waals surface area contributed by atoms with Gasteiger partial charge in [0.2, 0.25) is 0 Å². The minimum absolute atomic E-state index is 0.252. The van der Waals surface area contributed by atoms with E-state index in [9.17, 15) is 4.39 Å². The fourth-order valence-corrected chi connectivity index (χ4v) is 1.89. The Kier molecular flexibility index (Phi) is 1.83. The van der Waals surface area contributed by atoms with Crippen molar-refractivity contribution in [3.63, 3.8) is 0 Å². The van der Waals surface area contributed by atoms with Gasteiger partial charge in [-0.25, -0.2) is 9.07 Å². The van der Waals surface area contributed by atoms with Crippen LogP contribution in [0.2, 0.25) is 0 Å². The Morgan fingerprint density at radius 3 is 2.92 bits per heavy atom. The zero-order valence-corrected chi connectivity index (χ0v) is 8.76. The van der Waals surface area contributed by atoms with E-state index in [1.54, 1.807) is 24.7 Å². The molecule has 2 rings (SSSR count).